The summed E-state index contributed by atoms with van der Waals surface area (Å²) in [5.74, 6) is 1.32. The predicted molar refractivity (Wildman–Crippen MR) is 108 cm³/mol. The van der Waals surface area contributed by atoms with E-state index in [0.717, 1.165) is 11.1 Å². The van der Waals surface area contributed by atoms with Crippen molar-refractivity contribution in [3.05, 3.63) is 66.2 Å². The molecule has 0 amide bonds. The Morgan fingerprint density at radius 1 is 1.03 bits per heavy atom. The largest absolute Gasteiger partial charge is 0.468 e. The lowest BCUT2D eigenvalue weighted by molar-refractivity contribution is -0.143. The number of carbonyl (C=O) groups excluding carboxylic acids is 1. The molecule has 3 rings (SSSR count). The molecule has 1 heterocycles. The first-order chi connectivity index (χ1) is 14.0. The second kappa shape index (κ2) is 9.11. The third kappa shape index (κ3) is 4.13. The number of benzene rings is 2. The fourth-order valence-corrected chi connectivity index (χ4v) is 3.64. The molecule has 6 heteroatoms. The Hall–Kier alpha value is -2.83. The van der Waals surface area contributed by atoms with Crippen molar-refractivity contribution >= 4 is 5.97 Å². The molecule has 0 bridgehead atoms. The van der Waals surface area contributed by atoms with Crippen LogP contribution in [-0.4, -0.2) is 33.8 Å². The Kier molecular flexibility index (Phi) is 6.56. The molecular formula is C23H26O6. The van der Waals surface area contributed by atoms with Gasteiger partial charge in [0.25, 0.3) is 0 Å². The average Bonchev–Trinajstić information content (AvgIpc) is 2.74. The summed E-state index contributed by atoms with van der Waals surface area (Å²) >= 11 is 0. The van der Waals surface area contributed by atoms with Crippen molar-refractivity contribution < 1.29 is 28.5 Å². The number of esters is 1. The van der Waals surface area contributed by atoms with Gasteiger partial charge in [0.15, 0.2) is 13.6 Å². The molecule has 29 heavy (non-hydrogen) atoms. The predicted octanol–water partition coefficient (Wildman–Crippen LogP) is 4.19. The van der Waals surface area contributed by atoms with Crippen molar-refractivity contribution in [2.45, 2.75) is 24.7 Å². The number of allylic oxidation sites excluding steroid dienone is 1. The van der Waals surface area contributed by atoms with Gasteiger partial charge in [0.05, 0.1) is 5.41 Å². The minimum Gasteiger partial charge on any atom is -0.468 e. The lowest BCUT2D eigenvalue weighted by Gasteiger charge is -2.40. The first-order valence-electron chi connectivity index (χ1n) is 9.35. The molecule has 0 unspecified atom stereocenters. The highest BCUT2D eigenvalue weighted by molar-refractivity contribution is 5.88. The fourth-order valence-electron chi connectivity index (χ4n) is 3.64. The van der Waals surface area contributed by atoms with Crippen LogP contribution in [0.15, 0.2) is 55.1 Å². The van der Waals surface area contributed by atoms with Crippen LogP contribution in [0.1, 0.15) is 30.4 Å². The van der Waals surface area contributed by atoms with Crippen LogP contribution in [0.25, 0.3) is 0 Å². The van der Waals surface area contributed by atoms with Gasteiger partial charge in [0, 0.05) is 31.8 Å². The Morgan fingerprint density at radius 2 is 1.66 bits per heavy atom. The maximum absolute atomic E-state index is 13.2. The van der Waals surface area contributed by atoms with E-state index in [-0.39, 0.29) is 25.5 Å². The number of methoxy groups -OCH3 is 2. The summed E-state index contributed by atoms with van der Waals surface area (Å²) in [6.45, 7) is 6.09. The monoisotopic (exact) mass is 398 g/mol. The van der Waals surface area contributed by atoms with Crippen LogP contribution >= 0.6 is 0 Å². The van der Waals surface area contributed by atoms with Crippen LogP contribution < -0.4 is 14.2 Å². The summed E-state index contributed by atoms with van der Waals surface area (Å²) in [5.41, 5.74) is 0.927. The molecule has 0 saturated heterocycles. The van der Waals surface area contributed by atoms with Gasteiger partial charge in [-0.2, -0.15) is 0 Å². The second-order valence-corrected chi connectivity index (χ2v) is 6.99. The zero-order chi connectivity index (χ0) is 20.9. The van der Waals surface area contributed by atoms with Crippen LogP contribution in [0.4, 0.5) is 0 Å². The molecule has 2 aromatic rings. The zero-order valence-electron chi connectivity index (χ0n) is 17.0. The number of hydrogen-bond donors (Lipinski definition) is 0. The zero-order valence-corrected chi connectivity index (χ0v) is 17.0. The molecule has 2 atom stereocenters. The van der Waals surface area contributed by atoms with Crippen LogP contribution in [-0.2, 0) is 19.7 Å². The minimum absolute atomic E-state index is 0.123. The molecule has 0 spiro atoms. The smallest absolute Gasteiger partial charge is 0.322 e. The van der Waals surface area contributed by atoms with E-state index in [1.807, 2.05) is 49.4 Å². The van der Waals surface area contributed by atoms with E-state index in [4.69, 9.17) is 23.7 Å². The highest BCUT2D eigenvalue weighted by Gasteiger charge is 2.49. The van der Waals surface area contributed by atoms with E-state index in [9.17, 15) is 4.79 Å². The molecule has 6 nitrogen and oxygen atoms in total. The molecule has 0 aromatic heterocycles. The van der Waals surface area contributed by atoms with E-state index < -0.39 is 5.41 Å². The van der Waals surface area contributed by atoms with Crippen LogP contribution in [0.2, 0.25) is 0 Å². The normalized spacial score (nSPS) is 20.5. The lowest BCUT2D eigenvalue weighted by atomic mass is 9.66. The highest BCUT2D eigenvalue weighted by atomic mass is 16.7. The topological polar surface area (TPSA) is 63.2 Å². The van der Waals surface area contributed by atoms with Gasteiger partial charge < -0.3 is 23.7 Å². The van der Waals surface area contributed by atoms with Crippen LogP contribution in [0, 0.1) is 0 Å². The van der Waals surface area contributed by atoms with E-state index in [0.29, 0.717) is 23.7 Å². The second-order valence-electron chi connectivity index (χ2n) is 6.99. The van der Waals surface area contributed by atoms with Crippen molar-refractivity contribution in [1.82, 2.24) is 0 Å². The lowest BCUT2D eigenvalue weighted by Crippen LogP contribution is -2.45. The number of ether oxygens (including phenoxy) is 5. The summed E-state index contributed by atoms with van der Waals surface area (Å²) in [6.07, 6.45) is 2.45. The molecule has 1 aliphatic heterocycles. The Labute approximate surface area is 171 Å². The van der Waals surface area contributed by atoms with Gasteiger partial charge >= 0.3 is 5.97 Å². The maximum Gasteiger partial charge on any atom is 0.322 e. The molecular weight excluding hydrogens is 372 g/mol. The highest BCUT2D eigenvalue weighted by Crippen LogP contribution is 2.50. The van der Waals surface area contributed by atoms with Gasteiger partial charge in [-0.25, -0.2) is 0 Å². The van der Waals surface area contributed by atoms with Crippen molar-refractivity contribution in [3.8, 4) is 17.2 Å². The Bertz CT molecular complexity index is 860. The quantitative estimate of drug-likeness (QED) is 0.273. The van der Waals surface area contributed by atoms with Gasteiger partial charge in [-0.3, -0.25) is 4.79 Å². The fraction of sp³-hybridized carbons (Fsp3) is 0.348. The van der Waals surface area contributed by atoms with Gasteiger partial charge in [0.2, 0.25) is 0 Å². The number of fused-ring (bicyclic) bond motifs is 1. The van der Waals surface area contributed by atoms with Gasteiger partial charge in [-0.15, -0.1) is 6.58 Å². The molecule has 0 fully saturated rings. The third-order valence-electron chi connectivity index (χ3n) is 5.23. The van der Waals surface area contributed by atoms with Crippen molar-refractivity contribution in [3.63, 3.8) is 0 Å². The molecule has 0 saturated carbocycles. The van der Waals surface area contributed by atoms with E-state index in [1.54, 1.807) is 20.3 Å². The SMILES string of the molecule is C=CC[C@@H]1c2ccc(OCOC)cc2OC(=O)[C@]1(C)c1ccc(OCOC)cc1. The third-order valence-corrected chi connectivity index (χ3v) is 5.23. The van der Waals surface area contributed by atoms with E-state index in [2.05, 4.69) is 6.58 Å². The Morgan fingerprint density at radius 3 is 2.28 bits per heavy atom. The molecule has 1 aliphatic rings. The van der Waals surface area contributed by atoms with Gasteiger partial charge in [-0.1, -0.05) is 24.3 Å². The number of carbonyl (C=O) groups is 1. The number of hydrogen-bond acceptors (Lipinski definition) is 6. The minimum atomic E-state index is -0.865. The van der Waals surface area contributed by atoms with Crippen molar-refractivity contribution in [2.75, 3.05) is 27.8 Å². The molecule has 0 aliphatic carbocycles. The van der Waals surface area contributed by atoms with Crippen LogP contribution in [0.5, 0.6) is 17.2 Å². The first kappa shape index (κ1) is 20.9. The standard InChI is InChI=1S/C23H26O6/c1-5-6-20-19-12-11-18(28-15-26-4)13-21(19)29-22(24)23(20,2)16-7-9-17(10-8-16)27-14-25-3/h5,7-13,20H,1,6,14-15H2,2-4H3/t20-,23-/m1/s1. The van der Waals surface area contributed by atoms with Gasteiger partial charge in [-0.05, 0) is 37.1 Å². The molecule has 154 valence electrons. The summed E-state index contributed by atoms with van der Waals surface area (Å²) in [4.78, 5) is 13.2. The van der Waals surface area contributed by atoms with Crippen molar-refractivity contribution in [2.24, 2.45) is 0 Å². The first-order valence-corrected chi connectivity index (χ1v) is 9.35. The van der Waals surface area contributed by atoms with Gasteiger partial charge in [0.1, 0.15) is 17.2 Å². The average molecular weight is 398 g/mol. The number of rotatable bonds is 9. The van der Waals surface area contributed by atoms with E-state index >= 15 is 0 Å². The summed E-state index contributed by atoms with van der Waals surface area (Å²) < 4.78 is 26.5. The summed E-state index contributed by atoms with van der Waals surface area (Å²) in [6, 6.07) is 13.0. The van der Waals surface area contributed by atoms with Crippen molar-refractivity contribution in [1.29, 1.82) is 0 Å². The Balaban J connectivity index is 1.98. The van der Waals surface area contributed by atoms with Crippen LogP contribution in [0.3, 0.4) is 0 Å². The summed E-state index contributed by atoms with van der Waals surface area (Å²) in [5, 5.41) is 0. The maximum atomic E-state index is 13.2. The summed E-state index contributed by atoms with van der Waals surface area (Å²) in [7, 11) is 3.12. The molecule has 0 N–H and O–H groups in total. The molecule has 2 aromatic carbocycles. The van der Waals surface area contributed by atoms with E-state index in [1.165, 1.54) is 0 Å². The molecule has 0 radical (unpaired) electrons.